The molecule has 98 valence electrons. The van der Waals surface area contributed by atoms with E-state index in [1.54, 1.807) is 11.9 Å². The van der Waals surface area contributed by atoms with Gasteiger partial charge in [-0.1, -0.05) is 12.2 Å². The molecule has 0 saturated carbocycles. The molecule has 0 aliphatic carbocycles. The molecule has 1 atom stereocenters. The fourth-order valence-corrected chi connectivity index (χ4v) is 1.64. The molecule has 0 bridgehead atoms. The number of amides is 1. The molecule has 1 aliphatic rings. The Labute approximate surface area is 107 Å². The lowest BCUT2D eigenvalue weighted by atomic mass is 10.3. The molecule has 1 heterocycles. The van der Waals surface area contributed by atoms with Crippen LogP contribution in [-0.4, -0.2) is 55.3 Å². The lowest BCUT2D eigenvalue weighted by Crippen LogP contribution is -2.31. The van der Waals surface area contributed by atoms with Gasteiger partial charge in [-0.3, -0.25) is 4.79 Å². The van der Waals surface area contributed by atoms with Crippen LogP contribution in [0.2, 0.25) is 0 Å². The molecule has 1 saturated heterocycles. The van der Waals surface area contributed by atoms with E-state index in [4.69, 9.17) is 27.4 Å². The number of ether oxygens (including phenoxy) is 2. The van der Waals surface area contributed by atoms with Crippen LogP contribution >= 0.6 is 12.2 Å². The Balaban J connectivity index is 2.08. The maximum atomic E-state index is 11.7. The van der Waals surface area contributed by atoms with Crippen LogP contribution in [0.3, 0.4) is 0 Å². The van der Waals surface area contributed by atoms with E-state index in [1.165, 1.54) is 0 Å². The number of thiocarbonyl (C=S) groups is 1. The molecule has 1 amide bonds. The van der Waals surface area contributed by atoms with Gasteiger partial charge in [0.1, 0.15) is 0 Å². The van der Waals surface area contributed by atoms with Crippen molar-refractivity contribution in [2.24, 2.45) is 5.73 Å². The standard InChI is InChI=1S/C11H20N2O3S/c1-13(5-2-10(12)17)11(14)4-7-16-9-3-6-15-8-9/h9H,2-8H2,1H3,(H2,12,17). The van der Waals surface area contributed by atoms with Crippen molar-refractivity contribution in [3.05, 3.63) is 0 Å². The van der Waals surface area contributed by atoms with E-state index in [1.807, 2.05) is 0 Å². The fraction of sp³-hybridized carbons (Fsp3) is 0.818. The van der Waals surface area contributed by atoms with E-state index in [0.29, 0.717) is 37.6 Å². The molecule has 2 N–H and O–H groups in total. The van der Waals surface area contributed by atoms with Crippen LogP contribution in [0.25, 0.3) is 0 Å². The molecule has 0 spiro atoms. The van der Waals surface area contributed by atoms with Gasteiger partial charge in [0.15, 0.2) is 0 Å². The zero-order valence-corrected chi connectivity index (χ0v) is 11.0. The largest absolute Gasteiger partial charge is 0.393 e. The summed E-state index contributed by atoms with van der Waals surface area (Å²) in [5.74, 6) is 0.0557. The summed E-state index contributed by atoms with van der Waals surface area (Å²) in [6.45, 7) is 2.42. The van der Waals surface area contributed by atoms with Gasteiger partial charge in [-0.25, -0.2) is 0 Å². The molecule has 1 unspecified atom stereocenters. The molecule has 17 heavy (non-hydrogen) atoms. The van der Waals surface area contributed by atoms with Crippen molar-refractivity contribution in [2.45, 2.75) is 25.4 Å². The second-order valence-electron chi connectivity index (χ2n) is 4.14. The van der Waals surface area contributed by atoms with E-state index >= 15 is 0 Å². The van der Waals surface area contributed by atoms with Crippen molar-refractivity contribution in [1.29, 1.82) is 0 Å². The van der Waals surface area contributed by atoms with E-state index in [-0.39, 0.29) is 12.0 Å². The summed E-state index contributed by atoms with van der Waals surface area (Å²) in [6.07, 6.45) is 2.04. The van der Waals surface area contributed by atoms with Crippen LogP contribution in [0.4, 0.5) is 0 Å². The van der Waals surface area contributed by atoms with Crippen LogP contribution < -0.4 is 5.73 Å². The average Bonchev–Trinajstić information content (AvgIpc) is 2.78. The Morgan fingerprint density at radius 2 is 2.35 bits per heavy atom. The first-order valence-corrected chi connectivity index (χ1v) is 6.22. The van der Waals surface area contributed by atoms with Gasteiger partial charge < -0.3 is 20.1 Å². The molecule has 1 rings (SSSR count). The van der Waals surface area contributed by atoms with Crippen molar-refractivity contribution in [3.63, 3.8) is 0 Å². The maximum Gasteiger partial charge on any atom is 0.224 e. The van der Waals surface area contributed by atoms with Crippen LogP contribution in [0.1, 0.15) is 19.3 Å². The SMILES string of the molecule is CN(CCC(N)=S)C(=O)CCOC1CCOC1. The van der Waals surface area contributed by atoms with Gasteiger partial charge in [-0.15, -0.1) is 0 Å². The van der Waals surface area contributed by atoms with Gasteiger partial charge in [0.25, 0.3) is 0 Å². The number of rotatable bonds is 7. The Morgan fingerprint density at radius 3 is 2.94 bits per heavy atom. The number of carbonyl (C=O) groups excluding carboxylic acids is 1. The molecule has 6 heteroatoms. The lowest BCUT2D eigenvalue weighted by Gasteiger charge is -2.17. The highest BCUT2D eigenvalue weighted by Gasteiger charge is 2.16. The van der Waals surface area contributed by atoms with Crippen LogP contribution in [0.5, 0.6) is 0 Å². The second-order valence-corrected chi connectivity index (χ2v) is 4.66. The van der Waals surface area contributed by atoms with E-state index < -0.39 is 0 Å². The fourth-order valence-electron chi connectivity index (χ4n) is 1.55. The molecular formula is C11H20N2O3S. The van der Waals surface area contributed by atoms with Gasteiger partial charge in [0.05, 0.1) is 30.7 Å². The zero-order valence-electron chi connectivity index (χ0n) is 10.2. The third-order valence-corrected chi connectivity index (χ3v) is 2.88. The summed E-state index contributed by atoms with van der Waals surface area (Å²) in [7, 11) is 1.75. The summed E-state index contributed by atoms with van der Waals surface area (Å²) >= 11 is 4.76. The second kappa shape index (κ2) is 7.58. The minimum absolute atomic E-state index is 0.0557. The summed E-state index contributed by atoms with van der Waals surface area (Å²) in [6, 6.07) is 0. The maximum absolute atomic E-state index is 11.7. The highest BCUT2D eigenvalue weighted by Crippen LogP contribution is 2.08. The van der Waals surface area contributed by atoms with E-state index in [2.05, 4.69) is 0 Å². The Morgan fingerprint density at radius 1 is 1.59 bits per heavy atom. The highest BCUT2D eigenvalue weighted by molar-refractivity contribution is 7.80. The van der Waals surface area contributed by atoms with Crippen molar-refractivity contribution in [3.8, 4) is 0 Å². The Kier molecular flexibility index (Phi) is 6.39. The summed E-state index contributed by atoms with van der Waals surface area (Å²) < 4.78 is 10.7. The number of carbonyl (C=O) groups is 1. The monoisotopic (exact) mass is 260 g/mol. The highest BCUT2D eigenvalue weighted by atomic mass is 32.1. The van der Waals surface area contributed by atoms with Gasteiger partial charge in [-0.2, -0.15) is 0 Å². The van der Waals surface area contributed by atoms with Gasteiger partial charge >= 0.3 is 0 Å². The molecule has 0 aromatic heterocycles. The average molecular weight is 260 g/mol. The van der Waals surface area contributed by atoms with Gasteiger partial charge in [0.2, 0.25) is 5.91 Å². The van der Waals surface area contributed by atoms with Crippen molar-refractivity contribution < 1.29 is 14.3 Å². The molecule has 0 radical (unpaired) electrons. The molecule has 0 aromatic rings. The van der Waals surface area contributed by atoms with Crippen LogP contribution in [-0.2, 0) is 14.3 Å². The smallest absolute Gasteiger partial charge is 0.224 e. The molecule has 1 fully saturated rings. The van der Waals surface area contributed by atoms with E-state index in [9.17, 15) is 4.79 Å². The van der Waals surface area contributed by atoms with Crippen molar-refractivity contribution in [2.75, 3.05) is 33.4 Å². The zero-order chi connectivity index (χ0) is 12.7. The molecule has 0 aromatic carbocycles. The normalized spacial score (nSPS) is 19.2. The molecule has 5 nitrogen and oxygen atoms in total. The summed E-state index contributed by atoms with van der Waals surface area (Å²) in [4.78, 5) is 13.7. The van der Waals surface area contributed by atoms with Crippen LogP contribution in [0, 0.1) is 0 Å². The molecule has 1 aliphatic heterocycles. The first-order chi connectivity index (χ1) is 8.09. The quantitative estimate of drug-likeness (QED) is 0.668. The predicted octanol–water partition coefficient (Wildman–Crippen LogP) is 0.317. The van der Waals surface area contributed by atoms with E-state index in [0.717, 1.165) is 13.0 Å². The minimum atomic E-state index is 0.0557. The van der Waals surface area contributed by atoms with Gasteiger partial charge in [-0.05, 0) is 6.42 Å². The van der Waals surface area contributed by atoms with Gasteiger partial charge in [0, 0.05) is 26.6 Å². The third-order valence-electron chi connectivity index (χ3n) is 2.68. The number of nitrogens with two attached hydrogens (primary N) is 1. The molecular weight excluding hydrogens is 240 g/mol. The topological polar surface area (TPSA) is 64.8 Å². The first-order valence-electron chi connectivity index (χ1n) is 5.81. The number of hydrogen-bond acceptors (Lipinski definition) is 4. The number of hydrogen-bond donors (Lipinski definition) is 1. The lowest BCUT2D eigenvalue weighted by molar-refractivity contribution is -0.131. The Hall–Kier alpha value is -0.720. The summed E-state index contributed by atoms with van der Waals surface area (Å²) in [5, 5.41) is 0. The number of nitrogens with zero attached hydrogens (tertiary/aromatic N) is 1. The third kappa shape index (κ3) is 5.95. The predicted molar refractivity (Wildman–Crippen MR) is 68.8 cm³/mol. The Bertz CT molecular complexity index is 267. The summed E-state index contributed by atoms with van der Waals surface area (Å²) in [5.41, 5.74) is 5.38. The first kappa shape index (κ1) is 14.3. The van der Waals surface area contributed by atoms with Crippen molar-refractivity contribution in [1.82, 2.24) is 4.90 Å². The van der Waals surface area contributed by atoms with Crippen molar-refractivity contribution >= 4 is 23.1 Å². The van der Waals surface area contributed by atoms with Crippen LogP contribution in [0.15, 0.2) is 0 Å². The minimum Gasteiger partial charge on any atom is -0.393 e.